The van der Waals surface area contributed by atoms with Gasteiger partial charge in [0, 0.05) is 11.2 Å². The molecule has 0 aromatic carbocycles. The predicted molar refractivity (Wildman–Crippen MR) is 80.5 cm³/mol. The van der Waals surface area contributed by atoms with Crippen LogP contribution in [0.3, 0.4) is 0 Å². The Morgan fingerprint density at radius 2 is 2.15 bits per heavy atom. The number of aryl methyl sites for hydroxylation is 1. The summed E-state index contributed by atoms with van der Waals surface area (Å²) in [5.41, 5.74) is 7.93. The van der Waals surface area contributed by atoms with Crippen molar-refractivity contribution in [3.8, 4) is 0 Å². The lowest BCUT2D eigenvalue weighted by molar-refractivity contribution is 0.766. The number of fused-ring (bicyclic) bond motifs is 1. The third-order valence-electron chi connectivity index (χ3n) is 2.79. The molecule has 3 aromatic rings. The lowest BCUT2D eigenvalue weighted by atomic mass is 10.3. The number of hydrogen-bond acceptors (Lipinski definition) is 5. The number of nitrogens with two attached hydrogens (primary N) is 1. The minimum Gasteiger partial charge on any atom is -0.382 e. The van der Waals surface area contributed by atoms with E-state index < -0.39 is 0 Å². The predicted octanol–water partition coefficient (Wildman–Crippen LogP) is 2.58. The first-order valence-electron chi connectivity index (χ1n) is 5.81. The van der Waals surface area contributed by atoms with Crippen LogP contribution in [0.25, 0.3) is 11.2 Å². The van der Waals surface area contributed by atoms with Gasteiger partial charge in [-0.2, -0.15) is 0 Å². The third-order valence-corrected chi connectivity index (χ3v) is 3.63. The zero-order chi connectivity index (χ0) is 14.3. The van der Waals surface area contributed by atoms with Crippen molar-refractivity contribution in [2.24, 2.45) is 0 Å². The Morgan fingerprint density at radius 1 is 1.35 bits per heavy atom. The van der Waals surface area contributed by atoms with E-state index in [4.69, 9.17) is 17.3 Å². The maximum Gasteiger partial charge on any atom is 0.179 e. The summed E-state index contributed by atoms with van der Waals surface area (Å²) in [5.74, 6) is 0.966. The quantitative estimate of drug-likeness (QED) is 0.716. The Balaban J connectivity index is 2.14. The van der Waals surface area contributed by atoms with Crippen LogP contribution in [-0.4, -0.2) is 24.5 Å². The highest BCUT2D eigenvalue weighted by molar-refractivity contribution is 9.10. The van der Waals surface area contributed by atoms with Crippen molar-refractivity contribution >= 4 is 44.5 Å². The first kappa shape index (κ1) is 13.3. The maximum atomic E-state index is 5.97. The standard InChI is InChI=1S/C12H10BrClN6/c1-6-17-10(15)9-11(18-6)20(12(13)19-9)5-8-4-7(14)2-3-16-8/h2-4H,5H2,1H3,(H2,15,17,18). The van der Waals surface area contributed by atoms with E-state index in [1.807, 2.05) is 4.57 Å². The Morgan fingerprint density at radius 3 is 2.90 bits per heavy atom. The van der Waals surface area contributed by atoms with Crippen LogP contribution in [0, 0.1) is 6.92 Å². The van der Waals surface area contributed by atoms with Crippen LogP contribution in [0.4, 0.5) is 5.82 Å². The SMILES string of the molecule is Cc1nc(N)c2nc(Br)n(Cc3cc(Cl)ccn3)c2n1. The highest BCUT2D eigenvalue weighted by Gasteiger charge is 2.14. The molecule has 0 atom stereocenters. The molecule has 3 heterocycles. The van der Waals surface area contributed by atoms with Gasteiger partial charge in [0.2, 0.25) is 0 Å². The van der Waals surface area contributed by atoms with E-state index >= 15 is 0 Å². The summed E-state index contributed by atoms with van der Waals surface area (Å²) >= 11 is 9.38. The number of rotatable bonds is 2. The van der Waals surface area contributed by atoms with Crippen LogP contribution in [0.15, 0.2) is 23.1 Å². The second kappa shape index (κ2) is 4.99. The molecule has 3 rings (SSSR count). The number of aromatic nitrogens is 5. The third kappa shape index (κ3) is 2.34. The molecule has 0 saturated heterocycles. The fourth-order valence-corrected chi connectivity index (χ4v) is 2.60. The van der Waals surface area contributed by atoms with E-state index in [0.717, 1.165) is 5.69 Å². The molecule has 8 heteroatoms. The van der Waals surface area contributed by atoms with Crippen molar-refractivity contribution in [1.29, 1.82) is 0 Å². The molecule has 2 N–H and O–H groups in total. The number of pyridine rings is 1. The molecule has 0 radical (unpaired) electrons. The van der Waals surface area contributed by atoms with E-state index in [2.05, 4.69) is 35.9 Å². The molecule has 0 spiro atoms. The smallest absolute Gasteiger partial charge is 0.179 e. The van der Waals surface area contributed by atoms with E-state index in [9.17, 15) is 0 Å². The fraction of sp³-hybridized carbons (Fsp3) is 0.167. The van der Waals surface area contributed by atoms with Crippen molar-refractivity contribution in [1.82, 2.24) is 24.5 Å². The van der Waals surface area contributed by atoms with Crippen LogP contribution in [0.2, 0.25) is 5.02 Å². The van der Waals surface area contributed by atoms with Gasteiger partial charge < -0.3 is 5.73 Å². The molecule has 0 aliphatic carbocycles. The average molecular weight is 354 g/mol. The summed E-state index contributed by atoms with van der Waals surface area (Å²) in [4.78, 5) is 17.1. The molecule has 0 aliphatic rings. The summed E-state index contributed by atoms with van der Waals surface area (Å²) in [5, 5.41) is 0.640. The zero-order valence-corrected chi connectivity index (χ0v) is 12.9. The van der Waals surface area contributed by atoms with Crippen molar-refractivity contribution in [3.05, 3.63) is 39.6 Å². The lowest BCUT2D eigenvalue weighted by Crippen LogP contribution is -2.04. The Kier molecular flexibility index (Phi) is 3.31. The van der Waals surface area contributed by atoms with Gasteiger partial charge in [0.05, 0.1) is 12.2 Å². The van der Waals surface area contributed by atoms with Gasteiger partial charge in [0.15, 0.2) is 21.7 Å². The number of nitrogens with zero attached hydrogens (tertiary/aromatic N) is 5. The summed E-state index contributed by atoms with van der Waals surface area (Å²) in [6.45, 7) is 2.28. The highest BCUT2D eigenvalue weighted by Crippen LogP contribution is 2.23. The highest BCUT2D eigenvalue weighted by atomic mass is 79.9. The second-order valence-electron chi connectivity index (χ2n) is 4.26. The van der Waals surface area contributed by atoms with Crippen molar-refractivity contribution < 1.29 is 0 Å². The first-order chi connectivity index (χ1) is 9.54. The summed E-state index contributed by atoms with van der Waals surface area (Å²) in [7, 11) is 0. The van der Waals surface area contributed by atoms with E-state index in [1.54, 1.807) is 25.3 Å². The minimum absolute atomic E-state index is 0.367. The zero-order valence-electron chi connectivity index (χ0n) is 10.5. The van der Waals surface area contributed by atoms with Crippen LogP contribution >= 0.6 is 27.5 Å². The van der Waals surface area contributed by atoms with Crippen LogP contribution in [-0.2, 0) is 6.54 Å². The molecular formula is C12H10BrClN6. The number of imidazole rings is 1. The maximum absolute atomic E-state index is 5.97. The van der Waals surface area contributed by atoms with Crippen LogP contribution < -0.4 is 5.73 Å². The second-order valence-corrected chi connectivity index (χ2v) is 5.41. The Hall–Kier alpha value is -1.73. The van der Waals surface area contributed by atoms with Crippen LogP contribution in [0.1, 0.15) is 11.5 Å². The molecule has 0 saturated carbocycles. The summed E-state index contributed by atoms with van der Waals surface area (Å²) < 4.78 is 2.50. The normalized spacial score (nSPS) is 11.2. The monoisotopic (exact) mass is 352 g/mol. The molecule has 0 fully saturated rings. The average Bonchev–Trinajstić information content (AvgIpc) is 2.68. The molecule has 0 aliphatic heterocycles. The number of hydrogen-bond donors (Lipinski definition) is 1. The first-order valence-corrected chi connectivity index (χ1v) is 6.98. The van der Waals surface area contributed by atoms with E-state index in [1.165, 1.54) is 0 Å². The Labute approximate surface area is 128 Å². The van der Waals surface area contributed by atoms with Gasteiger partial charge in [0.25, 0.3) is 0 Å². The molecule has 20 heavy (non-hydrogen) atoms. The van der Waals surface area contributed by atoms with Gasteiger partial charge in [0.1, 0.15) is 5.82 Å². The molecule has 102 valence electrons. The number of halogens is 2. The molecule has 0 amide bonds. The van der Waals surface area contributed by atoms with Gasteiger partial charge in [-0.05, 0) is 35.0 Å². The molecule has 0 bridgehead atoms. The lowest BCUT2D eigenvalue weighted by Gasteiger charge is -2.05. The van der Waals surface area contributed by atoms with Gasteiger partial charge >= 0.3 is 0 Å². The van der Waals surface area contributed by atoms with Gasteiger partial charge in [-0.25, -0.2) is 15.0 Å². The molecular weight excluding hydrogens is 344 g/mol. The molecule has 6 nitrogen and oxygen atoms in total. The molecule has 0 unspecified atom stereocenters. The van der Waals surface area contributed by atoms with Gasteiger partial charge in [-0.1, -0.05) is 11.6 Å². The van der Waals surface area contributed by atoms with E-state index in [0.29, 0.717) is 39.1 Å². The largest absolute Gasteiger partial charge is 0.382 e. The summed E-state index contributed by atoms with van der Waals surface area (Å²) in [6, 6.07) is 3.54. The van der Waals surface area contributed by atoms with Crippen molar-refractivity contribution in [2.45, 2.75) is 13.5 Å². The summed E-state index contributed by atoms with van der Waals surface area (Å²) in [6.07, 6.45) is 1.67. The number of nitrogen functional groups attached to an aromatic ring is 1. The van der Waals surface area contributed by atoms with Crippen LogP contribution in [0.5, 0.6) is 0 Å². The topological polar surface area (TPSA) is 82.5 Å². The minimum atomic E-state index is 0.367. The van der Waals surface area contributed by atoms with Crippen molar-refractivity contribution in [3.63, 3.8) is 0 Å². The van der Waals surface area contributed by atoms with Gasteiger partial charge in [-0.15, -0.1) is 0 Å². The number of anilines is 1. The van der Waals surface area contributed by atoms with Gasteiger partial charge in [-0.3, -0.25) is 9.55 Å². The van der Waals surface area contributed by atoms with Crippen molar-refractivity contribution in [2.75, 3.05) is 5.73 Å². The fourth-order valence-electron chi connectivity index (χ4n) is 1.95. The molecule has 3 aromatic heterocycles. The van der Waals surface area contributed by atoms with E-state index in [-0.39, 0.29) is 0 Å². The Bertz CT molecular complexity index is 800.